The number of nitrogens with zero attached hydrogens (tertiary/aromatic N) is 1. The van der Waals surface area contributed by atoms with Gasteiger partial charge >= 0.3 is 0 Å². The zero-order valence-corrected chi connectivity index (χ0v) is 15.1. The molecular weight excluding hydrogens is 284 g/mol. The molecule has 0 unspecified atom stereocenters. The Morgan fingerprint density at radius 1 is 1.14 bits per heavy atom. The number of hydrogen-bond donors (Lipinski definition) is 1. The molecule has 0 saturated carbocycles. The van der Waals surface area contributed by atoms with Crippen LogP contribution in [0.25, 0.3) is 0 Å². The number of rotatable bonds is 6. The summed E-state index contributed by atoms with van der Waals surface area (Å²) in [6.07, 6.45) is 0.760. The van der Waals surface area contributed by atoms with E-state index < -0.39 is 15.6 Å². The lowest BCUT2D eigenvalue weighted by molar-refractivity contribution is 0.257. The number of aryl methyl sites for hydroxylation is 2. The highest BCUT2D eigenvalue weighted by Crippen LogP contribution is 2.31. The first-order valence-corrected chi connectivity index (χ1v) is 8.86. The van der Waals surface area contributed by atoms with Crippen LogP contribution < -0.4 is 5.32 Å². The maximum atomic E-state index is 13.0. The molecule has 1 rings (SSSR count). The van der Waals surface area contributed by atoms with Gasteiger partial charge in [0.15, 0.2) is 0 Å². The van der Waals surface area contributed by atoms with Gasteiger partial charge in [-0.05, 0) is 64.3 Å². The average molecular weight is 312 g/mol. The van der Waals surface area contributed by atoms with Crippen molar-refractivity contribution >= 4 is 15.7 Å². The average Bonchev–Trinajstić information content (AvgIpc) is 2.37. The molecule has 21 heavy (non-hydrogen) atoms. The normalized spacial score (nSPS) is 12.8. The van der Waals surface area contributed by atoms with Crippen molar-refractivity contribution in [2.24, 2.45) is 0 Å². The largest absolute Gasteiger partial charge is 0.385 e. The van der Waals surface area contributed by atoms with Gasteiger partial charge in [0.25, 0.3) is 0 Å². The van der Waals surface area contributed by atoms with Crippen molar-refractivity contribution in [3.63, 3.8) is 0 Å². The van der Waals surface area contributed by atoms with E-state index in [-0.39, 0.29) is 0 Å². The van der Waals surface area contributed by atoms with Crippen LogP contribution in [0.4, 0.5) is 5.69 Å². The van der Waals surface area contributed by atoms with Crippen LogP contribution in [-0.4, -0.2) is 31.9 Å². The van der Waals surface area contributed by atoms with E-state index in [1.165, 1.54) is 4.31 Å². The van der Waals surface area contributed by atoms with Crippen molar-refractivity contribution in [2.75, 3.05) is 18.9 Å². The Balaban J connectivity index is 3.39. The molecule has 0 atom stereocenters. The summed E-state index contributed by atoms with van der Waals surface area (Å²) in [6, 6.07) is 3.80. The number of hydrogen-bond acceptors (Lipinski definition) is 3. The zero-order chi connectivity index (χ0) is 16.4. The minimum atomic E-state index is -3.50. The molecule has 0 aliphatic carbocycles. The van der Waals surface area contributed by atoms with Gasteiger partial charge in [0.05, 0.1) is 4.90 Å². The molecule has 0 aliphatic heterocycles. The zero-order valence-electron chi connectivity index (χ0n) is 14.2. The lowest BCUT2D eigenvalue weighted by atomic mass is 10.0. The molecule has 4 nitrogen and oxygen atoms in total. The van der Waals surface area contributed by atoms with Gasteiger partial charge in [-0.1, -0.05) is 6.92 Å². The molecule has 120 valence electrons. The van der Waals surface area contributed by atoms with Crippen LogP contribution >= 0.6 is 0 Å². The van der Waals surface area contributed by atoms with Crippen LogP contribution in [0.1, 0.15) is 45.2 Å². The second kappa shape index (κ2) is 6.36. The van der Waals surface area contributed by atoms with Gasteiger partial charge in [0, 0.05) is 24.8 Å². The highest BCUT2D eigenvalue weighted by atomic mass is 32.2. The summed E-state index contributed by atoms with van der Waals surface area (Å²) in [4.78, 5) is 0.424. The van der Waals surface area contributed by atoms with Crippen LogP contribution in [0.5, 0.6) is 0 Å². The Labute approximate surface area is 129 Å². The molecule has 1 aromatic rings. The predicted octanol–water partition coefficient (Wildman–Crippen LogP) is 3.54. The quantitative estimate of drug-likeness (QED) is 0.874. The Morgan fingerprint density at radius 2 is 1.62 bits per heavy atom. The molecule has 0 aromatic heterocycles. The standard InChI is InChI=1S/C16H28N2O2S/c1-8-16(5,6)18(7)21(19,20)15-12(3)10-14(17-9-2)11-13(15)4/h10-11,17H,8-9H2,1-7H3. The second-order valence-electron chi connectivity index (χ2n) is 6.11. The lowest BCUT2D eigenvalue weighted by Gasteiger charge is -2.34. The fourth-order valence-electron chi connectivity index (χ4n) is 2.35. The van der Waals surface area contributed by atoms with E-state index in [0.717, 1.165) is 29.8 Å². The third kappa shape index (κ3) is 3.58. The molecule has 5 heteroatoms. The number of anilines is 1. The van der Waals surface area contributed by atoms with Crippen molar-refractivity contribution in [3.8, 4) is 0 Å². The molecule has 1 N–H and O–H groups in total. The smallest absolute Gasteiger partial charge is 0.243 e. The van der Waals surface area contributed by atoms with Gasteiger partial charge < -0.3 is 5.32 Å². The Bertz CT molecular complexity index is 584. The molecule has 0 spiro atoms. The van der Waals surface area contributed by atoms with E-state index in [1.807, 2.05) is 53.7 Å². The van der Waals surface area contributed by atoms with Gasteiger partial charge in [0.1, 0.15) is 0 Å². The van der Waals surface area contributed by atoms with E-state index >= 15 is 0 Å². The minimum Gasteiger partial charge on any atom is -0.385 e. The molecule has 0 heterocycles. The molecular formula is C16H28N2O2S. The van der Waals surface area contributed by atoms with Gasteiger partial charge in [-0.15, -0.1) is 0 Å². The second-order valence-corrected chi connectivity index (χ2v) is 8.01. The fourth-order valence-corrected chi connectivity index (χ4v) is 4.33. The summed E-state index contributed by atoms with van der Waals surface area (Å²) in [5.74, 6) is 0. The van der Waals surface area contributed by atoms with Crippen molar-refractivity contribution in [1.29, 1.82) is 0 Å². The number of benzene rings is 1. The number of nitrogens with one attached hydrogen (secondary N) is 1. The summed E-state index contributed by atoms with van der Waals surface area (Å²) in [5, 5.41) is 3.23. The highest BCUT2D eigenvalue weighted by molar-refractivity contribution is 7.89. The Morgan fingerprint density at radius 3 is 2.00 bits per heavy atom. The predicted molar refractivity (Wildman–Crippen MR) is 89.4 cm³/mol. The summed E-state index contributed by atoms with van der Waals surface area (Å²) < 4.78 is 27.4. The van der Waals surface area contributed by atoms with Crippen molar-refractivity contribution in [3.05, 3.63) is 23.3 Å². The summed E-state index contributed by atoms with van der Waals surface area (Å²) in [6.45, 7) is 12.4. The van der Waals surface area contributed by atoms with Gasteiger partial charge in [-0.25, -0.2) is 8.42 Å². The maximum absolute atomic E-state index is 13.0. The van der Waals surface area contributed by atoms with Gasteiger partial charge in [0.2, 0.25) is 10.0 Å². The molecule has 0 radical (unpaired) electrons. The summed E-state index contributed by atoms with van der Waals surface area (Å²) >= 11 is 0. The lowest BCUT2D eigenvalue weighted by Crippen LogP contribution is -2.44. The third-order valence-electron chi connectivity index (χ3n) is 4.18. The Hall–Kier alpha value is -1.07. The van der Waals surface area contributed by atoms with Crippen LogP contribution in [0, 0.1) is 13.8 Å². The maximum Gasteiger partial charge on any atom is 0.243 e. The molecule has 0 fully saturated rings. The van der Waals surface area contributed by atoms with E-state index in [0.29, 0.717) is 4.90 Å². The summed E-state index contributed by atoms with van der Waals surface area (Å²) in [5.41, 5.74) is 2.12. The summed E-state index contributed by atoms with van der Waals surface area (Å²) in [7, 11) is -1.83. The monoisotopic (exact) mass is 312 g/mol. The first-order valence-electron chi connectivity index (χ1n) is 7.42. The first kappa shape index (κ1) is 18.0. The minimum absolute atomic E-state index is 0.405. The van der Waals surface area contributed by atoms with Crippen molar-refractivity contribution in [1.82, 2.24) is 4.31 Å². The van der Waals surface area contributed by atoms with Gasteiger partial charge in [-0.3, -0.25) is 0 Å². The van der Waals surface area contributed by atoms with Crippen molar-refractivity contribution < 1.29 is 8.42 Å². The molecule has 0 saturated heterocycles. The third-order valence-corrected chi connectivity index (χ3v) is 6.55. The SMILES string of the molecule is CCNc1cc(C)c(S(=O)(=O)N(C)C(C)(C)CC)c(C)c1. The van der Waals surface area contributed by atoms with Gasteiger partial charge in [-0.2, -0.15) is 4.31 Å². The fraction of sp³-hybridized carbons (Fsp3) is 0.625. The molecule has 0 aliphatic rings. The van der Waals surface area contributed by atoms with Crippen molar-refractivity contribution in [2.45, 2.75) is 58.4 Å². The van der Waals surface area contributed by atoms with Crippen LogP contribution in [0.2, 0.25) is 0 Å². The van der Waals surface area contributed by atoms with E-state index in [2.05, 4.69) is 5.32 Å². The van der Waals surface area contributed by atoms with Crippen LogP contribution in [-0.2, 0) is 10.0 Å². The first-order chi connectivity index (χ1) is 9.57. The van der Waals surface area contributed by atoms with Crippen LogP contribution in [0.3, 0.4) is 0 Å². The van der Waals surface area contributed by atoms with Crippen LogP contribution in [0.15, 0.2) is 17.0 Å². The molecule has 0 bridgehead atoms. The Kier molecular flexibility index (Phi) is 5.45. The topological polar surface area (TPSA) is 49.4 Å². The highest BCUT2D eigenvalue weighted by Gasteiger charge is 2.34. The van der Waals surface area contributed by atoms with E-state index in [4.69, 9.17) is 0 Å². The van der Waals surface area contributed by atoms with E-state index in [9.17, 15) is 8.42 Å². The number of sulfonamides is 1. The molecule has 1 aromatic carbocycles. The van der Waals surface area contributed by atoms with E-state index in [1.54, 1.807) is 7.05 Å². The molecule has 0 amide bonds.